The number of halogens is 1. The lowest BCUT2D eigenvalue weighted by Crippen LogP contribution is -2.32. The van der Waals surface area contributed by atoms with Crippen LogP contribution in [0.5, 0.6) is 5.75 Å². The number of amides is 1. The van der Waals surface area contributed by atoms with E-state index in [0.29, 0.717) is 18.5 Å². The number of hydrogen-bond donors (Lipinski definition) is 1. The second-order valence-corrected chi connectivity index (χ2v) is 10.2. The molecule has 0 aliphatic rings. The van der Waals surface area contributed by atoms with Crippen LogP contribution >= 0.6 is 15.9 Å². The molecule has 0 saturated carbocycles. The van der Waals surface area contributed by atoms with Gasteiger partial charge in [0.05, 0.1) is 51.5 Å². The number of ether oxygens (including phenoxy) is 3. The Kier molecular flexibility index (Phi) is 14.8. The molecule has 1 amide bonds. The zero-order valence-electron chi connectivity index (χ0n) is 25.4. The molecular weight excluding hydrogens is 660 g/mol. The van der Waals surface area contributed by atoms with Crippen LogP contribution in [0, 0.1) is 20.2 Å². The molecule has 2 rings (SSSR count). The van der Waals surface area contributed by atoms with E-state index in [1.54, 1.807) is 17.9 Å². The van der Waals surface area contributed by atoms with Crippen LogP contribution < -0.4 is 15.0 Å². The summed E-state index contributed by atoms with van der Waals surface area (Å²) < 4.78 is 16.5. The summed E-state index contributed by atoms with van der Waals surface area (Å²) in [7, 11) is 0. The van der Waals surface area contributed by atoms with Gasteiger partial charge in [0.2, 0.25) is 5.91 Å². The Morgan fingerprint density at radius 3 is 2.00 bits per heavy atom. The molecule has 0 radical (unpaired) electrons. The number of non-ortho nitro benzene ring substituents is 1. The molecule has 0 aliphatic carbocycles. The van der Waals surface area contributed by atoms with E-state index >= 15 is 0 Å². The maximum Gasteiger partial charge on any atom is 0.305 e. The van der Waals surface area contributed by atoms with E-state index in [9.17, 15) is 34.6 Å². The minimum absolute atomic E-state index is 0.0159. The zero-order chi connectivity index (χ0) is 33.5. The largest absolute Gasteiger partial charge is 0.492 e. The van der Waals surface area contributed by atoms with Gasteiger partial charge in [-0.1, -0.05) is 13.8 Å². The van der Waals surface area contributed by atoms with Crippen LogP contribution in [0.1, 0.15) is 53.4 Å². The second kappa shape index (κ2) is 18.2. The Hall–Kier alpha value is -4.67. The van der Waals surface area contributed by atoms with Crippen molar-refractivity contribution in [3.05, 3.63) is 49.0 Å². The van der Waals surface area contributed by atoms with E-state index < -0.39 is 27.1 Å². The molecule has 45 heavy (non-hydrogen) atoms. The van der Waals surface area contributed by atoms with Gasteiger partial charge in [0, 0.05) is 31.9 Å². The molecule has 0 spiro atoms. The number of rotatable bonds is 18. The molecule has 244 valence electrons. The number of benzene rings is 2. The third-order valence-electron chi connectivity index (χ3n) is 5.88. The fourth-order valence-corrected chi connectivity index (χ4v) is 4.43. The Balaban J connectivity index is 2.61. The summed E-state index contributed by atoms with van der Waals surface area (Å²) in [6, 6.07) is 4.82. The van der Waals surface area contributed by atoms with E-state index in [1.807, 2.05) is 13.8 Å². The lowest BCUT2D eigenvalue weighted by Gasteiger charge is -2.27. The van der Waals surface area contributed by atoms with Crippen molar-refractivity contribution >= 4 is 67.9 Å². The number of nitro groups is 2. The van der Waals surface area contributed by atoms with Crippen LogP contribution in [-0.2, 0) is 23.9 Å². The van der Waals surface area contributed by atoms with Gasteiger partial charge in [-0.3, -0.25) is 34.6 Å². The number of anilines is 2. The Morgan fingerprint density at radius 1 is 0.911 bits per heavy atom. The minimum Gasteiger partial charge on any atom is -0.492 e. The van der Waals surface area contributed by atoms with Crippen LogP contribution in [0.15, 0.2) is 39.0 Å². The molecule has 0 unspecified atom stereocenters. The lowest BCUT2D eigenvalue weighted by molar-refractivity contribution is -0.393. The van der Waals surface area contributed by atoms with Crippen LogP contribution in [0.25, 0.3) is 0 Å². The number of nitrogens with one attached hydrogen (secondary N) is 1. The topological polar surface area (TPSA) is 205 Å². The van der Waals surface area contributed by atoms with Crippen molar-refractivity contribution in [2.24, 2.45) is 10.2 Å². The standard InChI is InChI=1S/C28H35BrN6O10/c1-5-8-26(37)44-12-10-33(11-13-45-27(38)9-6-2)23-16-21(30-18(4)36)22(17-25(23)43-7-3)31-32-28-20(29)14-19(34(39)40)15-24(28)35(41)42/h14-17H,5-13H2,1-4H3,(H,30,36). The monoisotopic (exact) mass is 694 g/mol. The maximum atomic E-state index is 12.1. The molecule has 0 aliphatic heterocycles. The lowest BCUT2D eigenvalue weighted by atomic mass is 10.2. The first-order valence-corrected chi connectivity index (χ1v) is 14.9. The highest BCUT2D eigenvalue weighted by Crippen LogP contribution is 2.43. The van der Waals surface area contributed by atoms with Crippen molar-refractivity contribution in [3.63, 3.8) is 0 Å². The van der Waals surface area contributed by atoms with Gasteiger partial charge in [0.25, 0.3) is 5.69 Å². The number of carbonyl (C=O) groups is 3. The molecule has 17 heteroatoms. The molecule has 2 aromatic rings. The summed E-state index contributed by atoms with van der Waals surface area (Å²) in [6.45, 7) is 7.34. The fourth-order valence-electron chi connectivity index (χ4n) is 3.91. The Bertz CT molecular complexity index is 1410. The Morgan fingerprint density at radius 2 is 1.51 bits per heavy atom. The number of azo groups is 1. The molecule has 16 nitrogen and oxygen atoms in total. The van der Waals surface area contributed by atoms with Crippen molar-refractivity contribution in [1.82, 2.24) is 0 Å². The first kappa shape index (κ1) is 36.5. The van der Waals surface area contributed by atoms with Crippen molar-refractivity contribution < 1.29 is 38.4 Å². The number of carbonyl (C=O) groups excluding carboxylic acids is 3. The molecule has 0 atom stereocenters. The van der Waals surface area contributed by atoms with E-state index in [1.165, 1.54) is 13.0 Å². The zero-order valence-corrected chi connectivity index (χ0v) is 27.0. The predicted molar refractivity (Wildman–Crippen MR) is 167 cm³/mol. The highest BCUT2D eigenvalue weighted by molar-refractivity contribution is 9.10. The van der Waals surface area contributed by atoms with Crippen molar-refractivity contribution in [2.75, 3.05) is 43.1 Å². The highest BCUT2D eigenvalue weighted by Gasteiger charge is 2.24. The van der Waals surface area contributed by atoms with Gasteiger partial charge < -0.3 is 24.4 Å². The quantitative estimate of drug-likeness (QED) is 0.0768. The average Bonchev–Trinajstić information content (AvgIpc) is 2.96. The summed E-state index contributed by atoms with van der Waals surface area (Å²) in [5, 5.41) is 33.7. The molecule has 0 saturated heterocycles. The molecule has 0 aromatic heterocycles. The van der Waals surface area contributed by atoms with Crippen LogP contribution in [0.3, 0.4) is 0 Å². The maximum absolute atomic E-state index is 12.1. The van der Waals surface area contributed by atoms with Gasteiger partial charge >= 0.3 is 17.6 Å². The van der Waals surface area contributed by atoms with Crippen LogP contribution in [-0.4, -0.2) is 60.6 Å². The highest BCUT2D eigenvalue weighted by atomic mass is 79.9. The molecule has 0 bridgehead atoms. The van der Waals surface area contributed by atoms with Crippen molar-refractivity contribution in [2.45, 2.75) is 53.4 Å². The second-order valence-electron chi connectivity index (χ2n) is 9.39. The summed E-state index contributed by atoms with van der Waals surface area (Å²) in [6.07, 6.45) is 1.77. The molecule has 0 fully saturated rings. The molecular formula is C28H35BrN6O10. The SMILES string of the molecule is CCCC(=O)OCCN(CCOC(=O)CCC)c1cc(NC(C)=O)c(N=Nc2c(Br)cc([N+](=O)[O-])cc2[N+](=O)[O-])cc1OCC. The van der Waals surface area contributed by atoms with Gasteiger partial charge in [-0.25, -0.2) is 0 Å². The number of hydrogen-bond acceptors (Lipinski definition) is 13. The van der Waals surface area contributed by atoms with E-state index in [4.69, 9.17) is 14.2 Å². The van der Waals surface area contributed by atoms with Crippen LogP contribution in [0.4, 0.5) is 34.1 Å². The fraction of sp³-hybridized carbons (Fsp3) is 0.464. The summed E-state index contributed by atoms with van der Waals surface area (Å²) in [4.78, 5) is 59.1. The number of nitro benzene ring substituents is 2. The van der Waals surface area contributed by atoms with Crippen molar-refractivity contribution in [3.8, 4) is 5.75 Å². The van der Waals surface area contributed by atoms with Gasteiger partial charge in [0.1, 0.15) is 24.7 Å². The molecule has 1 N–H and O–H groups in total. The first-order chi connectivity index (χ1) is 21.4. The van der Waals surface area contributed by atoms with Gasteiger partial charge in [-0.15, -0.1) is 10.2 Å². The van der Waals surface area contributed by atoms with Gasteiger partial charge in [-0.2, -0.15) is 0 Å². The Labute approximate surface area is 267 Å². The predicted octanol–water partition coefficient (Wildman–Crippen LogP) is 6.53. The average molecular weight is 696 g/mol. The summed E-state index contributed by atoms with van der Waals surface area (Å²) in [5.41, 5.74) is -0.813. The minimum atomic E-state index is -0.825. The van der Waals surface area contributed by atoms with Gasteiger partial charge in [-0.05, 0) is 41.8 Å². The van der Waals surface area contributed by atoms with Crippen molar-refractivity contribution in [1.29, 1.82) is 0 Å². The first-order valence-electron chi connectivity index (χ1n) is 14.1. The van der Waals surface area contributed by atoms with E-state index in [0.717, 1.165) is 12.1 Å². The number of nitrogens with zero attached hydrogens (tertiary/aromatic N) is 5. The van der Waals surface area contributed by atoms with Gasteiger partial charge in [0.15, 0.2) is 5.69 Å². The molecule has 0 heterocycles. The normalized spacial score (nSPS) is 10.8. The third-order valence-corrected chi connectivity index (χ3v) is 6.48. The number of esters is 2. The summed E-state index contributed by atoms with van der Waals surface area (Å²) in [5.74, 6) is -0.911. The van der Waals surface area contributed by atoms with E-state index in [-0.39, 0.29) is 85.0 Å². The molecule has 2 aromatic carbocycles. The smallest absolute Gasteiger partial charge is 0.305 e. The third kappa shape index (κ3) is 11.4. The van der Waals surface area contributed by atoms with E-state index in [2.05, 4.69) is 31.5 Å². The summed E-state index contributed by atoms with van der Waals surface area (Å²) >= 11 is 3.09. The van der Waals surface area contributed by atoms with Crippen LogP contribution in [0.2, 0.25) is 0 Å².